The van der Waals surface area contributed by atoms with Gasteiger partial charge < -0.3 is 15.5 Å². The van der Waals surface area contributed by atoms with Crippen LogP contribution in [0.5, 0.6) is 0 Å². The van der Waals surface area contributed by atoms with Crippen LogP contribution in [-0.2, 0) is 6.54 Å². The minimum Gasteiger partial charge on any atom is -0.372 e. The summed E-state index contributed by atoms with van der Waals surface area (Å²) in [5.41, 5.74) is 6.25. The summed E-state index contributed by atoms with van der Waals surface area (Å²) in [7, 11) is 1.91. The zero-order chi connectivity index (χ0) is 14.3. The van der Waals surface area contributed by atoms with Gasteiger partial charge in [-0.15, -0.1) is 0 Å². The van der Waals surface area contributed by atoms with Gasteiger partial charge in [0.05, 0.1) is 18.4 Å². The normalized spacial score (nSPS) is 11.0. The van der Waals surface area contributed by atoms with Crippen LogP contribution in [0.3, 0.4) is 0 Å². The Morgan fingerprint density at radius 3 is 2.53 bits per heavy atom. The Bertz CT molecular complexity index is 427. The monoisotopic (exact) mass is 267 g/mol. The minimum atomic E-state index is -0.0615. The Kier molecular flexibility index (Phi) is 6.52. The largest absolute Gasteiger partial charge is 0.372 e. The molecule has 0 saturated carbocycles. The number of likely N-dealkylation sites (N-methyl/N-ethyl adjacent to an activating group) is 2. The molecule has 0 aliphatic carbocycles. The van der Waals surface area contributed by atoms with E-state index in [0.29, 0.717) is 19.6 Å². The quantitative estimate of drug-likeness (QED) is 0.717. The van der Waals surface area contributed by atoms with Gasteiger partial charge >= 0.3 is 0 Å². The lowest BCUT2D eigenvalue weighted by Crippen LogP contribution is -2.33. The lowest BCUT2D eigenvalue weighted by atomic mass is 10.4. The van der Waals surface area contributed by atoms with Crippen LogP contribution in [0.15, 0.2) is 17.1 Å². The zero-order valence-electron chi connectivity index (χ0n) is 12.2. The molecule has 0 aromatic carbocycles. The van der Waals surface area contributed by atoms with Gasteiger partial charge in [0.15, 0.2) is 0 Å². The van der Waals surface area contributed by atoms with Crippen LogP contribution in [0, 0.1) is 0 Å². The number of anilines is 1. The Morgan fingerprint density at radius 1 is 1.32 bits per heavy atom. The Balaban J connectivity index is 2.69. The fourth-order valence-corrected chi connectivity index (χ4v) is 1.90. The van der Waals surface area contributed by atoms with E-state index in [1.54, 1.807) is 12.3 Å². The maximum atomic E-state index is 12.0. The van der Waals surface area contributed by atoms with E-state index in [1.165, 1.54) is 4.68 Å². The first-order valence-electron chi connectivity index (χ1n) is 6.83. The van der Waals surface area contributed by atoms with Crippen molar-refractivity contribution in [3.63, 3.8) is 0 Å². The summed E-state index contributed by atoms with van der Waals surface area (Å²) >= 11 is 0. The molecule has 1 heterocycles. The minimum absolute atomic E-state index is 0.0615. The molecule has 0 fully saturated rings. The molecule has 19 heavy (non-hydrogen) atoms. The third-order valence-electron chi connectivity index (χ3n) is 3.28. The first-order chi connectivity index (χ1) is 9.12. The number of rotatable bonds is 8. The molecule has 0 aliphatic heterocycles. The molecule has 0 spiro atoms. The van der Waals surface area contributed by atoms with Gasteiger partial charge in [-0.2, -0.15) is 5.10 Å². The molecular weight excluding hydrogens is 242 g/mol. The van der Waals surface area contributed by atoms with Crippen LogP contribution in [0.1, 0.15) is 13.8 Å². The van der Waals surface area contributed by atoms with E-state index in [9.17, 15) is 4.79 Å². The van der Waals surface area contributed by atoms with Crippen molar-refractivity contribution >= 4 is 5.69 Å². The summed E-state index contributed by atoms with van der Waals surface area (Å²) in [6.45, 7) is 8.95. The first kappa shape index (κ1) is 15.7. The van der Waals surface area contributed by atoms with Crippen LogP contribution in [-0.4, -0.2) is 54.5 Å². The van der Waals surface area contributed by atoms with Crippen molar-refractivity contribution in [3.05, 3.63) is 22.6 Å². The number of nitrogens with two attached hydrogens (primary N) is 1. The Hall–Kier alpha value is -1.40. The van der Waals surface area contributed by atoms with Crippen LogP contribution < -0.4 is 16.2 Å². The number of nitrogens with zero attached hydrogens (tertiary/aromatic N) is 4. The second-order valence-electron chi connectivity index (χ2n) is 4.51. The molecule has 0 amide bonds. The molecule has 0 saturated heterocycles. The average Bonchev–Trinajstić information content (AvgIpc) is 2.41. The number of hydrogen-bond donors (Lipinski definition) is 1. The molecular formula is C13H25N5O. The smallest absolute Gasteiger partial charge is 0.268 e. The fraction of sp³-hybridized carbons (Fsp3) is 0.692. The second-order valence-corrected chi connectivity index (χ2v) is 4.51. The molecule has 0 bridgehead atoms. The van der Waals surface area contributed by atoms with Crippen LogP contribution >= 0.6 is 0 Å². The van der Waals surface area contributed by atoms with Crippen LogP contribution in [0.2, 0.25) is 0 Å². The summed E-state index contributed by atoms with van der Waals surface area (Å²) in [5, 5.41) is 4.22. The van der Waals surface area contributed by atoms with Crippen molar-refractivity contribution in [2.75, 3.05) is 44.7 Å². The molecule has 0 aliphatic rings. The predicted molar refractivity (Wildman–Crippen MR) is 78.6 cm³/mol. The molecule has 1 aromatic heterocycles. The van der Waals surface area contributed by atoms with E-state index in [0.717, 1.165) is 25.3 Å². The SMILES string of the molecule is CCN(CC)CCn1ncc(N(C)CCN)cc1=O. The van der Waals surface area contributed by atoms with Gasteiger partial charge in [0.2, 0.25) is 0 Å². The lowest BCUT2D eigenvalue weighted by Gasteiger charge is -2.19. The van der Waals surface area contributed by atoms with Gasteiger partial charge in [-0.05, 0) is 13.1 Å². The van der Waals surface area contributed by atoms with Gasteiger partial charge in [0.25, 0.3) is 5.56 Å². The Labute approximate surface area is 114 Å². The van der Waals surface area contributed by atoms with E-state index < -0.39 is 0 Å². The second kappa shape index (κ2) is 7.91. The highest BCUT2D eigenvalue weighted by Gasteiger charge is 2.05. The van der Waals surface area contributed by atoms with Crippen LogP contribution in [0.25, 0.3) is 0 Å². The molecule has 6 nitrogen and oxygen atoms in total. The van der Waals surface area contributed by atoms with Crippen molar-refractivity contribution in [3.8, 4) is 0 Å². The highest BCUT2D eigenvalue weighted by molar-refractivity contribution is 5.41. The van der Waals surface area contributed by atoms with Crippen molar-refractivity contribution in [1.82, 2.24) is 14.7 Å². The summed E-state index contributed by atoms with van der Waals surface area (Å²) in [6, 6.07) is 1.62. The predicted octanol–water partition coefficient (Wildman–Crippen LogP) is -0.0200. The van der Waals surface area contributed by atoms with Crippen molar-refractivity contribution in [1.29, 1.82) is 0 Å². The summed E-state index contributed by atoms with van der Waals surface area (Å²) in [4.78, 5) is 16.2. The average molecular weight is 267 g/mol. The van der Waals surface area contributed by atoms with Gasteiger partial charge in [-0.3, -0.25) is 4.79 Å². The highest BCUT2D eigenvalue weighted by atomic mass is 16.1. The molecule has 0 radical (unpaired) electrons. The molecule has 0 unspecified atom stereocenters. The highest BCUT2D eigenvalue weighted by Crippen LogP contribution is 2.05. The van der Waals surface area contributed by atoms with E-state index in [-0.39, 0.29) is 5.56 Å². The summed E-state index contributed by atoms with van der Waals surface area (Å²) < 4.78 is 1.51. The summed E-state index contributed by atoms with van der Waals surface area (Å²) in [6.07, 6.45) is 1.72. The molecule has 2 N–H and O–H groups in total. The first-order valence-corrected chi connectivity index (χ1v) is 6.83. The molecule has 6 heteroatoms. The zero-order valence-corrected chi connectivity index (χ0v) is 12.2. The Morgan fingerprint density at radius 2 is 2.00 bits per heavy atom. The maximum absolute atomic E-state index is 12.0. The fourth-order valence-electron chi connectivity index (χ4n) is 1.90. The molecule has 0 atom stereocenters. The van der Waals surface area contributed by atoms with E-state index in [4.69, 9.17) is 5.73 Å². The topological polar surface area (TPSA) is 67.4 Å². The number of hydrogen-bond acceptors (Lipinski definition) is 5. The van der Waals surface area contributed by atoms with Crippen molar-refractivity contribution in [2.45, 2.75) is 20.4 Å². The number of aromatic nitrogens is 2. The maximum Gasteiger partial charge on any atom is 0.268 e. The molecule has 1 aromatic rings. The van der Waals surface area contributed by atoms with Gasteiger partial charge in [-0.25, -0.2) is 4.68 Å². The third kappa shape index (κ3) is 4.65. The van der Waals surface area contributed by atoms with Crippen molar-refractivity contribution in [2.24, 2.45) is 5.73 Å². The van der Waals surface area contributed by atoms with E-state index in [2.05, 4.69) is 23.8 Å². The van der Waals surface area contributed by atoms with Gasteiger partial charge in [0.1, 0.15) is 0 Å². The standard InChI is InChI=1S/C13H25N5O/c1-4-17(5-2)8-9-18-13(19)10-12(11-15-18)16(3)7-6-14/h10-11H,4-9,14H2,1-3H3. The lowest BCUT2D eigenvalue weighted by molar-refractivity contribution is 0.282. The van der Waals surface area contributed by atoms with Gasteiger partial charge in [0, 0.05) is 32.7 Å². The molecule has 1 rings (SSSR count). The van der Waals surface area contributed by atoms with Crippen LogP contribution in [0.4, 0.5) is 5.69 Å². The third-order valence-corrected chi connectivity index (χ3v) is 3.28. The van der Waals surface area contributed by atoms with E-state index >= 15 is 0 Å². The van der Waals surface area contributed by atoms with E-state index in [1.807, 2.05) is 11.9 Å². The molecule has 108 valence electrons. The summed E-state index contributed by atoms with van der Waals surface area (Å²) in [5.74, 6) is 0. The van der Waals surface area contributed by atoms with Gasteiger partial charge in [-0.1, -0.05) is 13.8 Å². The van der Waals surface area contributed by atoms with Crippen molar-refractivity contribution < 1.29 is 0 Å².